The minimum Gasteiger partial charge on any atom is -0.491 e. The zero-order valence-electron chi connectivity index (χ0n) is 17.3. The molecule has 1 aromatic heterocycles. The Labute approximate surface area is 179 Å². The Kier molecular flexibility index (Phi) is 6.46. The molecule has 2 atom stereocenters. The third kappa shape index (κ3) is 4.62. The van der Waals surface area contributed by atoms with Crippen molar-refractivity contribution in [2.75, 3.05) is 23.9 Å². The first-order valence-electron chi connectivity index (χ1n) is 9.63. The van der Waals surface area contributed by atoms with Gasteiger partial charge in [-0.15, -0.1) is 0 Å². The maximum Gasteiger partial charge on any atom is 0.255 e. The van der Waals surface area contributed by atoms with Gasteiger partial charge in [-0.1, -0.05) is 13.8 Å². The summed E-state index contributed by atoms with van der Waals surface area (Å²) in [5, 5.41) is 7.42. The Morgan fingerprint density at radius 3 is 2.65 bits per heavy atom. The van der Waals surface area contributed by atoms with Crippen LogP contribution in [-0.2, 0) is 14.8 Å². The second kappa shape index (κ2) is 8.75. The Morgan fingerprint density at radius 2 is 2.03 bits per heavy atom. The topological polar surface area (TPSA) is 115 Å². The van der Waals surface area contributed by atoms with Crippen LogP contribution in [-0.4, -0.2) is 39.0 Å². The summed E-state index contributed by atoms with van der Waals surface area (Å²) in [4.78, 5) is 18.6. The van der Waals surface area contributed by atoms with Crippen molar-refractivity contribution in [1.82, 2.24) is 4.98 Å². The highest BCUT2D eigenvalue weighted by atomic mass is 32.2. The number of pyridine rings is 1. The number of aromatic nitrogens is 1. The van der Waals surface area contributed by atoms with Crippen LogP contribution >= 0.6 is 0 Å². The van der Waals surface area contributed by atoms with E-state index in [4.69, 9.17) is 9.88 Å². The molecule has 11 heteroatoms. The molecule has 8 nitrogen and oxygen atoms in total. The largest absolute Gasteiger partial charge is 0.491 e. The van der Waals surface area contributed by atoms with Gasteiger partial charge in [0.2, 0.25) is 11.7 Å². The van der Waals surface area contributed by atoms with Gasteiger partial charge in [-0.25, -0.2) is 22.9 Å². The molecule has 0 aliphatic carbocycles. The Balaban J connectivity index is 1.97. The zero-order chi connectivity index (χ0) is 22.9. The summed E-state index contributed by atoms with van der Waals surface area (Å²) >= 11 is 0. The first-order valence-corrected chi connectivity index (χ1v) is 11.2. The number of anilines is 2. The van der Waals surface area contributed by atoms with Crippen molar-refractivity contribution >= 4 is 27.3 Å². The quantitative estimate of drug-likeness (QED) is 0.693. The summed E-state index contributed by atoms with van der Waals surface area (Å²) in [6.45, 7) is 4.38. The van der Waals surface area contributed by atoms with Gasteiger partial charge in [0.15, 0.2) is 16.6 Å². The van der Waals surface area contributed by atoms with E-state index in [1.165, 1.54) is 25.4 Å². The molecule has 0 unspecified atom stereocenters. The van der Waals surface area contributed by atoms with Crippen molar-refractivity contribution in [3.05, 3.63) is 42.1 Å². The molecular weight excluding hydrogens is 430 g/mol. The number of benzene rings is 1. The number of halogens is 2. The highest BCUT2D eigenvalue weighted by molar-refractivity contribution is 7.89. The number of methoxy groups -OCH3 is 1. The second-order valence-electron chi connectivity index (χ2n) is 7.67. The Morgan fingerprint density at radius 1 is 1.32 bits per heavy atom. The maximum atomic E-state index is 14.3. The van der Waals surface area contributed by atoms with E-state index >= 15 is 0 Å². The molecule has 2 aromatic rings. The van der Waals surface area contributed by atoms with Crippen LogP contribution in [0.2, 0.25) is 0 Å². The van der Waals surface area contributed by atoms with Crippen LogP contribution in [0.3, 0.4) is 0 Å². The van der Waals surface area contributed by atoms with E-state index in [1.807, 2.05) is 13.8 Å². The van der Waals surface area contributed by atoms with Gasteiger partial charge in [-0.05, 0) is 36.5 Å². The van der Waals surface area contributed by atoms with Crippen LogP contribution in [0.4, 0.5) is 20.2 Å². The average molecular weight is 454 g/mol. The lowest BCUT2D eigenvalue weighted by atomic mass is 9.88. The molecule has 0 spiro atoms. The number of primary sulfonamides is 1. The number of rotatable bonds is 6. The lowest BCUT2D eigenvalue weighted by molar-refractivity contribution is -0.118. The number of hydrogen-bond donors (Lipinski definition) is 2. The van der Waals surface area contributed by atoms with Crippen molar-refractivity contribution in [1.29, 1.82) is 0 Å². The number of nitrogens with one attached hydrogen (secondary N) is 1. The zero-order valence-corrected chi connectivity index (χ0v) is 18.1. The molecule has 0 bridgehead atoms. The van der Waals surface area contributed by atoms with Crippen LogP contribution < -0.4 is 20.1 Å². The molecule has 3 N–H and O–H groups in total. The molecule has 1 fully saturated rings. The minimum atomic E-state index is -4.04. The number of hydrogen-bond acceptors (Lipinski definition) is 6. The molecule has 0 saturated carbocycles. The van der Waals surface area contributed by atoms with Crippen molar-refractivity contribution in [3.8, 4) is 5.75 Å². The van der Waals surface area contributed by atoms with E-state index < -0.39 is 33.6 Å². The Hall–Kier alpha value is -2.79. The van der Waals surface area contributed by atoms with Gasteiger partial charge in [0, 0.05) is 24.5 Å². The van der Waals surface area contributed by atoms with Crippen LogP contribution in [0, 0.1) is 23.5 Å². The van der Waals surface area contributed by atoms with Crippen molar-refractivity contribution in [3.63, 3.8) is 0 Å². The van der Waals surface area contributed by atoms with E-state index in [9.17, 15) is 22.0 Å². The fourth-order valence-electron chi connectivity index (χ4n) is 3.92. The van der Waals surface area contributed by atoms with Crippen LogP contribution in [0.5, 0.6) is 5.75 Å². The molecule has 1 aromatic carbocycles. The predicted molar refractivity (Wildman–Crippen MR) is 111 cm³/mol. The Bertz CT molecular complexity index is 1090. The predicted octanol–water partition coefficient (Wildman–Crippen LogP) is 2.51. The number of sulfonamides is 1. The normalized spacial score (nSPS) is 19.0. The summed E-state index contributed by atoms with van der Waals surface area (Å²) in [6.07, 6.45) is 1.87. The molecule has 2 heterocycles. The van der Waals surface area contributed by atoms with Crippen molar-refractivity contribution < 1.29 is 26.7 Å². The van der Waals surface area contributed by atoms with Crippen LogP contribution in [0.15, 0.2) is 35.5 Å². The number of carbonyl (C=O) groups excluding carboxylic acids is 1. The smallest absolute Gasteiger partial charge is 0.255 e. The number of nitrogens with two attached hydrogens (primary N) is 1. The summed E-state index contributed by atoms with van der Waals surface area (Å²) in [5.74, 6) is -2.84. The molecule has 1 aliphatic rings. The molecule has 0 radical (unpaired) electrons. The first kappa shape index (κ1) is 22.9. The average Bonchev–Trinajstić information content (AvgIpc) is 3.15. The van der Waals surface area contributed by atoms with Crippen molar-refractivity contribution in [2.45, 2.75) is 31.3 Å². The second-order valence-corrected chi connectivity index (χ2v) is 9.17. The number of ether oxygens (including phenoxy) is 1. The highest BCUT2D eigenvalue weighted by Crippen LogP contribution is 2.40. The van der Waals surface area contributed by atoms with Gasteiger partial charge in [-0.3, -0.25) is 4.79 Å². The van der Waals surface area contributed by atoms with E-state index in [1.54, 1.807) is 4.90 Å². The van der Waals surface area contributed by atoms with Gasteiger partial charge in [0.1, 0.15) is 6.04 Å². The van der Waals surface area contributed by atoms with Crippen LogP contribution in [0.1, 0.15) is 20.3 Å². The summed E-state index contributed by atoms with van der Waals surface area (Å²) < 4.78 is 56.2. The van der Waals surface area contributed by atoms with E-state index in [0.717, 1.165) is 12.1 Å². The molecule has 1 saturated heterocycles. The van der Waals surface area contributed by atoms with E-state index in [0.29, 0.717) is 13.0 Å². The lowest BCUT2D eigenvalue weighted by Crippen LogP contribution is -2.44. The number of nitrogens with zero attached hydrogens (tertiary/aromatic N) is 2. The van der Waals surface area contributed by atoms with E-state index in [2.05, 4.69) is 10.3 Å². The summed E-state index contributed by atoms with van der Waals surface area (Å²) in [6, 6.07) is 4.26. The van der Waals surface area contributed by atoms with E-state index in [-0.39, 0.29) is 34.0 Å². The highest BCUT2D eigenvalue weighted by Gasteiger charge is 2.42. The maximum absolute atomic E-state index is 14.3. The fourth-order valence-corrected chi connectivity index (χ4v) is 4.42. The minimum absolute atomic E-state index is 0.0858. The summed E-state index contributed by atoms with van der Waals surface area (Å²) in [5.41, 5.74) is 0.472. The monoisotopic (exact) mass is 454 g/mol. The fraction of sp³-hybridized carbons (Fsp3) is 0.400. The third-order valence-corrected chi connectivity index (χ3v) is 6.21. The number of carbonyl (C=O) groups is 1. The number of amides is 1. The molecule has 31 heavy (non-hydrogen) atoms. The standard InChI is InChI=1S/C20H24F2N4O4S/c1-11(2)13-7-9-26(15-5-4-14(21)17(22)19(15)30-3)18(13)20(27)25-12-6-8-24-16(10-12)31(23,28)29/h4-6,8,10-11,13,18H,7,9H2,1-3H3,(H2,23,28,29)(H,24,25,27)/t13-,18+/m1/s1. The SMILES string of the molecule is COc1c(N2CC[C@H](C(C)C)[C@H]2C(=O)Nc2ccnc(S(N)(=O)=O)c2)ccc(F)c1F. The van der Waals surface area contributed by atoms with Gasteiger partial charge >= 0.3 is 0 Å². The molecule has 168 valence electrons. The van der Waals surface area contributed by atoms with Crippen molar-refractivity contribution in [2.24, 2.45) is 17.0 Å². The molecule has 1 amide bonds. The third-order valence-electron chi connectivity index (χ3n) is 5.41. The van der Waals surface area contributed by atoms with Gasteiger partial charge < -0.3 is 15.0 Å². The van der Waals surface area contributed by atoms with Gasteiger partial charge in [-0.2, -0.15) is 4.39 Å². The molecule has 3 rings (SSSR count). The molecular formula is C20H24F2N4O4S. The summed E-state index contributed by atoms with van der Waals surface area (Å²) in [7, 11) is -2.81. The molecule has 1 aliphatic heterocycles. The van der Waals surface area contributed by atoms with Gasteiger partial charge in [0.05, 0.1) is 12.8 Å². The lowest BCUT2D eigenvalue weighted by Gasteiger charge is -2.31. The van der Waals surface area contributed by atoms with Gasteiger partial charge in [0.25, 0.3) is 10.0 Å². The van der Waals surface area contributed by atoms with Crippen LogP contribution in [0.25, 0.3) is 0 Å². The first-order chi connectivity index (χ1) is 14.5.